The number of hydrogen-bond acceptors (Lipinski definition) is 2. The Morgan fingerprint density at radius 1 is 1.26 bits per heavy atom. The van der Waals surface area contributed by atoms with Crippen LogP contribution in [0, 0.1) is 6.92 Å². The lowest BCUT2D eigenvalue weighted by Gasteiger charge is -2.14. The molecule has 0 radical (unpaired) electrons. The van der Waals surface area contributed by atoms with Gasteiger partial charge in [0.05, 0.1) is 0 Å². The summed E-state index contributed by atoms with van der Waals surface area (Å²) in [5.41, 5.74) is 2.55. The number of thioether (sulfide) groups is 1. The van der Waals surface area contributed by atoms with Crippen LogP contribution in [0.15, 0.2) is 29.3 Å². The topological polar surface area (TPSA) is 36.4 Å². The van der Waals surface area contributed by atoms with Crippen LogP contribution in [-0.2, 0) is 6.54 Å². The SMILES string of the molecule is CN=C(NCc1ccc(C)cc1)NCC(C)SC.I. The third kappa shape index (κ3) is 7.67. The fourth-order valence-electron chi connectivity index (χ4n) is 1.44. The summed E-state index contributed by atoms with van der Waals surface area (Å²) in [4.78, 5) is 4.21. The Bertz CT molecular complexity index is 379. The first-order valence-corrected chi connectivity index (χ1v) is 7.47. The van der Waals surface area contributed by atoms with Crippen molar-refractivity contribution in [1.29, 1.82) is 0 Å². The molecule has 0 fully saturated rings. The van der Waals surface area contributed by atoms with E-state index in [9.17, 15) is 0 Å². The van der Waals surface area contributed by atoms with E-state index in [1.54, 1.807) is 7.05 Å². The molecule has 2 N–H and O–H groups in total. The van der Waals surface area contributed by atoms with Crippen LogP contribution in [0.2, 0.25) is 0 Å². The number of hydrogen-bond donors (Lipinski definition) is 2. The third-order valence-corrected chi connectivity index (χ3v) is 3.73. The van der Waals surface area contributed by atoms with Gasteiger partial charge in [-0.05, 0) is 18.7 Å². The summed E-state index contributed by atoms with van der Waals surface area (Å²) in [5, 5.41) is 7.22. The van der Waals surface area contributed by atoms with Crippen molar-refractivity contribution in [2.24, 2.45) is 4.99 Å². The lowest BCUT2D eigenvalue weighted by molar-refractivity contribution is 0.791. The summed E-state index contributed by atoms with van der Waals surface area (Å²) in [7, 11) is 1.80. The molecule has 3 nitrogen and oxygen atoms in total. The van der Waals surface area contributed by atoms with E-state index in [1.807, 2.05) is 11.8 Å². The van der Waals surface area contributed by atoms with Crippen molar-refractivity contribution in [3.63, 3.8) is 0 Å². The second-order valence-corrected chi connectivity index (χ2v) is 5.61. The monoisotopic (exact) mass is 393 g/mol. The number of halogens is 1. The number of guanidine groups is 1. The highest BCUT2D eigenvalue weighted by Crippen LogP contribution is 2.03. The predicted octanol–water partition coefficient (Wildman–Crippen LogP) is 3.03. The Kier molecular flexibility index (Phi) is 10.1. The van der Waals surface area contributed by atoms with E-state index < -0.39 is 0 Å². The van der Waals surface area contributed by atoms with Gasteiger partial charge in [-0.25, -0.2) is 0 Å². The van der Waals surface area contributed by atoms with Crippen molar-refractivity contribution in [1.82, 2.24) is 10.6 Å². The molecule has 5 heteroatoms. The van der Waals surface area contributed by atoms with E-state index in [2.05, 4.69) is 60.0 Å². The van der Waals surface area contributed by atoms with Gasteiger partial charge in [0.1, 0.15) is 0 Å². The van der Waals surface area contributed by atoms with Crippen LogP contribution < -0.4 is 10.6 Å². The fraction of sp³-hybridized carbons (Fsp3) is 0.500. The molecule has 0 saturated heterocycles. The number of rotatable bonds is 5. The predicted molar refractivity (Wildman–Crippen MR) is 97.8 cm³/mol. The molecule has 0 aliphatic carbocycles. The molecule has 1 aromatic carbocycles. The first-order chi connectivity index (χ1) is 8.65. The average molecular weight is 393 g/mol. The van der Waals surface area contributed by atoms with Crippen molar-refractivity contribution >= 4 is 41.7 Å². The summed E-state index contributed by atoms with van der Waals surface area (Å²) in [5.74, 6) is 0.858. The molecule has 1 atom stereocenters. The molecule has 0 spiro atoms. The highest BCUT2D eigenvalue weighted by Gasteiger charge is 2.01. The molecule has 0 aromatic heterocycles. The fourth-order valence-corrected chi connectivity index (χ4v) is 1.69. The maximum atomic E-state index is 4.21. The largest absolute Gasteiger partial charge is 0.355 e. The average Bonchev–Trinajstić information content (AvgIpc) is 2.40. The zero-order valence-corrected chi connectivity index (χ0v) is 15.2. The van der Waals surface area contributed by atoms with Gasteiger partial charge in [-0.15, -0.1) is 24.0 Å². The standard InChI is InChI=1S/C14H23N3S.HI/c1-11-5-7-13(8-6-11)10-17-14(15-3)16-9-12(2)18-4;/h5-8,12H,9-10H2,1-4H3,(H2,15,16,17);1H. The second-order valence-electron chi connectivity index (χ2n) is 4.34. The minimum atomic E-state index is 0. The van der Waals surface area contributed by atoms with Crippen LogP contribution in [0.3, 0.4) is 0 Å². The number of aryl methyl sites for hydroxylation is 1. The molecule has 19 heavy (non-hydrogen) atoms. The Morgan fingerprint density at radius 2 is 1.89 bits per heavy atom. The molecule has 1 aromatic rings. The van der Waals surface area contributed by atoms with Crippen LogP contribution in [0.4, 0.5) is 0 Å². The van der Waals surface area contributed by atoms with Gasteiger partial charge in [0, 0.05) is 25.4 Å². The Hall–Kier alpha value is -0.430. The van der Waals surface area contributed by atoms with Crippen molar-refractivity contribution < 1.29 is 0 Å². The summed E-state index contributed by atoms with van der Waals surface area (Å²) in [6.45, 7) is 6.02. The van der Waals surface area contributed by atoms with Crippen LogP contribution in [0.1, 0.15) is 18.1 Å². The molecule has 0 saturated carbocycles. The van der Waals surface area contributed by atoms with Gasteiger partial charge < -0.3 is 10.6 Å². The van der Waals surface area contributed by atoms with E-state index in [0.717, 1.165) is 19.0 Å². The summed E-state index contributed by atoms with van der Waals surface area (Å²) < 4.78 is 0. The van der Waals surface area contributed by atoms with Crippen molar-refractivity contribution in [3.8, 4) is 0 Å². The Labute approximate surface area is 138 Å². The third-order valence-electron chi connectivity index (χ3n) is 2.76. The van der Waals surface area contributed by atoms with E-state index in [-0.39, 0.29) is 24.0 Å². The van der Waals surface area contributed by atoms with E-state index in [4.69, 9.17) is 0 Å². The number of nitrogens with one attached hydrogen (secondary N) is 2. The molecular weight excluding hydrogens is 369 g/mol. The lowest BCUT2D eigenvalue weighted by Crippen LogP contribution is -2.39. The number of benzene rings is 1. The second kappa shape index (κ2) is 10.4. The van der Waals surface area contributed by atoms with E-state index in [1.165, 1.54) is 11.1 Å². The normalized spacial score (nSPS) is 12.5. The van der Waals surface area contributed by atoms with Crippen LogP contribution in [0.25, 0.3) is 0 Å². The molecule has 1 rings (SSSR count). The quantitative estimate of drug-likeness (QED) is 0.459. The Balaban J connectivity index is 0.00000324. The van der Waals surface area contributed by atoms with Crippen molar-refractivity contribution in [3.05, 3.63) is 35.4 Å². The smallest absolute Gasteiger partial charge is 0.191 e. The van der Waals surface area contributed by atoms with Crippen LogP contribution in [0.5, 0.6) is 0 Å². The lowest BCUT2D eigenvalue weighted by atomic mass is 10.1. The van der Waals surface area contributed by atoms with E-state index >= 15 is 0 Å². The zero-order valence-electron chi connectivity index (χ0n) is 12.1. The number of nitrogens with zero attached hydrogens (tertiary/aromatic N) is 1. The van der Waals surface area contributed by atoms with Crippen molar-refractivity contribution in [2.75, 3.05) is 19.8 Å². The van der Waals surface area contributed by atoms with Crippen molar-refractivity contribution in [2.45, 2.75) is 25.6 Å². The van der Waals surface area contributed by atoms with Crippen LogP contribution >= 0.6 is 35.7 Å². The Morgan fingerprint density at radius 3 is 2.42 bits per heavy atom. The van der Waals surface area contributed by atoms with Gasteiger partial charge in [0.15, 0.2) is 5.96 Å². The molecule has 0 bridgehead atoms. The van der Waals surface area contributed by atoms with Gasteiger partial charge in [-0.2, -0.15) is 11.8 Å². The van der Waals surface area contributed by atoms with Crippen LogP contribution in [-0.4, -0.2) is 31.1 Å². The molecule has 0 aliphatic rings. The summed E-state index contributed by atoms with van der Waals surface area (Å²) in [6, 6.07) is 8.53. The maximum Gasteiger partial charge on any atom is 0.191 e. The summed E-state index contributed by atoms with van der Waals surface area (Å²) >= 11 is 1.85. The maximum absolute atomic E-state index is 4.21. The van der Waals surface area contributed by atoms with Gasteiger partial charge in [-0.3, -0.25) is 4.99 Å². The first kappa shape index (κ1) is 18.6. The van der Waals surface area contributed by atoms with Gasteiger partial charge in [0.25, 0.3) is 0 Å². The first-order valence-electron chi connectivity index (χ1n) is 6.18. The highest BCUT2D eigenvalue weighted by atomic mass is 127. The number of aliphatic imine (C=N–C) groups is 1. The zero-order chi connectivity index (χ0) is 13.4. The molecule has 0 aliphatic heterocycles. The molecule has 108 valence electrons. The molecule has 0 amide bonds. The molecular formula is C14H24IN3S. The molecule has 1 unspecified atom stereocenters. The van der Waals surface area contributed by atoms with Gasteiger partial charge >= 0.3 is 0 Å². The van der Waals surface area contributed by atoms with Gasteiger partial charge in [0.2, 0.25) is 0 Å². The van der Waals surface area contributed by atoms with E-state index in [0.29, 0.717) is 5.25 Å². The minimum Gasteiger partial charge on any atom is -0.355 e. The highest BCUT2D eigenvalue weighted by molar-refractivity contribution is 14.0. The molecule has 0 heterocycles. The van der Waals surface area contributed by atoms with Gasteiger partial charge in [-0.1, -0.05) is 36.8 Å². The summed E-state index contributed by atoms with van der Waals surface area (Å²) in [6.07, 6.45) is 2.12. The minimum absolute atomic E-state index is 0.